The maximum Gasteiger partial charge on any atom is 0.328 e. The summed E-state index contributed by atoms with van der Waals surface area (Å²) >= 11 is 0. The van der Waals surface area contributed by atoms with E-state index < -0.39 is 23.8 Å². The summed E-state index contributed by atoms with van der Waals surface area (Å²) in [5.41, 5.74) is 3.00. The van der Waals surface area contributed by atoms with E-state index in [0.717, 1.165) is 16.8 Å². The molecule has 7 nitrogen and oxygen atoms in total. The Kier molecular flexibility index (Phi) is 4.76. The van der Waals surface area contributed by atoms with Gasteiger partial charge in [-0.3, -0.25) is 9.59 Å². The van der Waals surface area contributed by atoms with Gasteiger partial charge in [-0.1, -0.05) is 6.07 Å². The lowest BCUT2D eigenvalue weighted by Crippen LogP contribution is -2.55. The van der Waals surface area contributed by atoms with E-state index in [1.54, 1.807) is 4.90 Å². The number of carboxylic acids is 1. The standard InChI is InChI=1S/C18H22N2O5/c1-11-3-4-13(9-12(11)2)19-6-5-14(16(19)21)17(22)20-7-8-25-10-15(20)18(23)24/h3-4,9,14-15H,5-8,10H2,1-2H3,(H,23,24)/t14-,15-/m1/s1. The van der Waals surface area contributed by atoms with Crippen molar-refractivity contribution in [2.75, 3.05) is 31.2 Å². The van der Waals surface area contributed by atoms with Crippen molar-refractivity contribution < 1.29 is 24.2 Å². The molecular formula is C18H22N2O5. The van der Waals surface area contributed by atoms with Gasteiger partial charge in [-0.05, 0) is 43.5 Å². The molecule has 0 aliphatic carbocycles. The molecule has 2 heterocycles. The Balaban J connectivity index is 1.77. The number of aliphatic carboxylic acids is 1. The molecule has 134 valence electrons. The van der Waals surface area contributed by atoms with Crippen LogP contribution in [0.3, 0.4) is 0 Å². The van der Waals surface area contributed by atoms with E-state index in [0.29, 0.717) is 13.0 Å². The summed E-state index contributed by atoms with van der Waals surface area (Å²) < 4.78 is 5.16. The Morgan fingerprint density at radius 2 is 1.96 bits per heavy atom. The first-order chi connectivity index (χ1) is 11.9. The van der Waals surface area contributed by atoms with Gasteiger partial charge in [0.05, 0.1) is 13.2 Å². The molecule has 2 amide bonds. The second-order valence-corrected chi connectivity index (χ2v) is 6.56. The van der Waals surface area contributed by atoms with Crippen LogP contribution in [0.5, 0.6) is 0 Å². The number of carbonyl (C=O) groups is 3. The molecule has 0 aromatic heterocycles. The van der Waals surface area contributed by atoms with E-state index in [1.807, 2.05) is 32.0 Å². The summed E-state index contributed by atoms with van der Waals surface area (Å²) in [5, 5.41) is 9.28. The van der Waals surface area contributed by atoms with Gasteiger partial charge in [-0.2, -0.15) is 0 Å². The first-order valence-electron chi connectivity index (χ1n) is 8.40. The summed E-state index contributed by atoms with van der Waals surface area (Å²) in [6, 6.07) is 4.75. The van der Waals surface area contributed by atoms with E-state index in [-0.39, 0.29) is 25.7 Å². The van der Waals surface area contributed by atoms with Crippen LogP contribution in [0.15, 0.2) is 18.2 Å². The van der Waals surface area contributed by atoms with Crippen LogP contribution >= 0.6 is 0 Å². The molecular weight excluding hydrogens is 324 g/mol. The maximum atomic E-state index is 12.8. The zero-order valence-electron chi connectivity index (χ0n) is 14.4. The van der Waals surface area contributed by atoms with Crippen LogP contribution in [0.25, 0.3) is 0 Å². The molecule has 0 bridgehead atoms. The predicted molar refractivity (Wildman–Crippen MR) is 90.3 cm³/mol. The number of morpholine rings is 1. The van der Waals surface area contributed by atoms with Crippen molar-refractivity contribution in [3.05, 3.63) is 29.3 Å². The smallest absolute Gasteiger partial charge is 0.328 e. The van der Waals surface area contributed by atoms with E-state index in [2.05, 4.69) is 0 Å². The molecule has 2 atom stereocenters. The van der Waals surface area contributed by atoms with Crippen LogP contribution in [-0.4, -0.2) is 60.1 Å². The number of hydrogen-bond donors (Lipinski definition) is 1. The van der Waals surface area contributed by atoms with Gasteiger partial charge in [-0.25, -0.2) is 4.79 Å². The van der Waals surface area contributed by atoms with Crippen LogP contribution in [0, 0.1) is 19.8 Å². The molecule has 3 rings (SSSR count). The SMILES string of the molecule is Cc1ccc(N2CC[C@@H](C(=O)N3CCOC[C@@H]3C(=O)O)C2=O)cc1C. The number of carboxylic acid groups (broad SMARTS) is 1. The topological polar surface area (TPSA) is 87.2 Å². The van der Waals surface area contributed by atoms with Crippen LogP contribution in [0.4, 0.5) is 5.69 Å². The van der Waals surface area contributed by atoms with Crippen molar-refractivity contribution in [3.63, 3.8) is 0 Å². The summed E-state index contributed by atoms with van der Waals surface area (Å²) in [5.74, 6) is -2.60. The third-order valence-corrected chi connectivity index (χ3v) is 5.00. The molecule has 0 unspecified atom stereocenters. The summed E-state index contributed by atoms with van der Waals surface area (Å²) in [6.07, 6.45) is 0.397. The monoisotopic (exact) mass is 346 g/mol. The molecule has 2 aliphatic heterocycles. The second kappa shape index (κ2) is 6.84. The lowest BCUT2D eigenvalue weighted by Gasteiger charge is -2.34. The van der Waals surface area contributed by atoms with Gasteiger partial charge in [0.2, 0.25) is 11.8 Å². The number of ether oxygens (including phenoxy) is 1. The molecule has 0 spiro atoms. The molecule has 2 saturated heterocycles. The fourth-order valence-corrected chi connectivity index (χ4v) is 3.33. The quantitative estimate of drug-likeness (QED) is 0.824. The minimum atomic E-state index is -1.11. The molecule has 2 fully saturated rings. The Bertz CT molecular complexity index is 717. The zero-order valence-corrected chi connectivity index (χ0v) is 14.4. The Morgan fingerprint density at radius 3 is 2.64 bits per heavy atom. The normalized spacial score (nSPS) is 23.8. The molecule has 7 heteroatoms. The first kappa shape index (κ1) is 17.4. The van der Waals surface area contributed by atoms with Crippen molar-refractivity contribution in [2.45, 2.75) is 26.3 Å². The molecule has 2 aliphatic rings. The lowest BCUT2D eigenvalue weighted by atomic mass is 10.0. The first-order valence-corrected chi connectivity index (χ1v) is 8.40. The van der Waals surface area contributed by atoms with Gasteiger partial charge >= 0.3 is 5.97 Å². The fraction of sp³-hybridized carbons (Fsp3) is 0.500. The molecule has 1 aromatic rings. The lowest BCUT2D eigenvalue weighted by molar-refractivity contribution is -0.161. The van der Waals surface area contributed by atoms with Gasteiger partial charge in [-0.15, -0.1) is 0 Å². The predicted octanol–water partition coefficient (Wildman–Crippen LogP) is 0.968. The van der Waals surface area contributed by atoms with Gasteiger partial charge in [0.1, 0.15) is 5.92 Å². The summed E-state index contributed by atoms with van der Waals surface area (Å²) in [4.78, 5) is 39.8. The molecule has 0 saturated carbocycles. The van der Waals surface area contributed by atoms with Gasteiger partial charge in [0.15, 0.2) is 6.04 Å². The van der Waals surface area contributed by atoms with Crippen LogP contribution in [-0.2, 0) is 19.1 Å². The van der Waals surface area contributed by atoms with Crippen LogP contribution < -0.4 is 4.90 Å². The van der Waals surface area contributed by atoms with Gasteiger partial charge in [0, 0.05) is 18.8 Å². The summed E-state index contributed by atoms with van der Waals surface area (Å²) in [6.45, 7) is 4.89. The highest BCUT2D eigenvalue weighted by Crippen LogP contribution is 2.28. The highest BCUT2D eigenvalue weighted by molar-refractivity contribution is 6.10. The number of hydrogen-bond acceptors (Lipinski definition) is 4. The fourth-order valence-electron chi connectivity index (χ4n) is 3.33. The highest BCUT2D eigenvalue weighted by atomic mass is 16.5. The highest BCUT2D eigenvalue weighted by Gasteiger charge is 2.43. The number of aryl methyl sites for hydroxylation is 2. The molecule has 1 N–H and O–H groups in total. The van der Waals surface area contributed by atoms with Gasteiger partial charge in [0.25, 0.3) is 0 Å². The van der Waals surface area contributed by atoms with Crippen LogP contribution in [0.2, 0.25) is 0 Å². The van der Waals surface area contributed by atoms with E-state index in [9.17, 15) is 19.5 Å². The van der Waals surface area contributed by atoms with E-state index >= 15 is 0 Å². The zero-order chi connectivity index (χ0) is 18.1. The number of amides is 2. The largest absolute Gasteiger partial charge is 0.480 e. The average Bonchev–Trinajstić information content (AvgIpc) is 2.98. The van der Waals surface area contributed by atoms with Crippen molar-refractivity contribution in [3.8, 4) is 0 Å². The number of rotatable bonds is 3. The number of carbonyl (C=O) groups excluding carboxylic acids is 2. The van der Waals surface area contributed by atoms with Crippen molar-refractivity contribution in [2.24, 2.45) is 5.92 Å². The van der Waals surface area contributed by atoms with E-state index in [1.165, 1.54) is 4.90 Å². The minimum Gasteiger partial charge on any atom is -0.480 e. The Hall–Kier alpha value is -2.41. The van der Waals surface area contributed by atoms with Crippen molar-refractivity contribution in [1.29, 1.82) is 0 Å². The van der Waals surface area contributed by atoms with Crippen LogP contribution in [0.1, 0.15) is 17.5 Å². The summed E-state index contributed by atoms with van der Waals surface area (Å²) in [7, 11) is 0. The number of nitrogens with zero attached hydrogens (tertiary/aromatic N) is 2. The van der Waals surface area contributed by atoms with E-state index in [4.69, 9.17) is 4.74 Å². The van der Waals surface area contributed by atoms with Gasteiger partial charge < -0.3 is 19.6 Å². The molecule has 0 radical (unpaired) electrons. The Morgan fingerprint density at radius 1 is 1.20 bits per heavy atom. The molecule has 25 heavy (non-hydrogen) atoms. The third-order valence-electron chi connectivity index (χ3n) is 5.00. The minimum absolute atomic E-state index is 0.0388. The second-order valence-electron chi connectivity index (χ2n) is 6.56. The number of benzene rings is 1. The van der Waals surface area contributed by atoms with Crippen molar-refractivity contribution >= 4 is 23.5 Å². The maximum absolute atomic E-state index is 12.8. The number of anilines is 1. The molecule has 1 aromatic carbocycles. The van der Waals surface area contributed by atoms with Crippen molar-refractivity contribution in [1.82, 2.24) is 4.90 Å². The Labute approximate surface area is 146 Å². The average molecular weight is 346 g/mol. The third kappa shape index (κ3) is 3.24.